The van der Waals surface area contributed by atoms with Crippen molar-refractivity contribution in [1.82, 2.24) is 0 Å². The van der Waals surface area contributed by atoms with Crippen LogP contribution in [0.1, 0.15) is 27.7 Å². The van der Waals surface area contributed by atoms with E-state index < -0.39 is 58.8 Å². The summed E-state index contributed by atoms with van der Waals surface area (Å²) in [7, 11) is 0. The quantitative estimate of drug-likeness (QED) is 0.562. The minimum absolute atomic E-state index is 0.193. The highest BCUT2D eigenvalue weighted by molar-refractivity contribution is 7.81. The van der Waals surface area contributed by atoms with Crippen molar-refractivity contribution in [2.24, 2.45) is 0 Å². The molecule has 1 unspecified atom stereocenters. The highest BCUT2D eigenvalue weighted by atomic mass is 32.2. The summed E-state index contributed by atoms with van der Waals surface area (Å²) in [5, 5.41) is -4.51. The largest absolute Gasteiger partial charge is 0.458 e. The lowest BCUT2D eigenvalue weighted by Crippen LogP contribution is -2.42. The monoisotopic (exact) mass is 374 g/mol. The van der Waals surface area contributed by atoms with Gasteiger partial charge in [0.15, 0.2) is 11.6 Å². The molecule has 0 aliphatic carbocycles. The molecule has 0 aromatic carbocycles. The van der Waals surface area contributed by atoms with Gasteiger partial charge in [0.2, 0.25) is 11.1 Å². The number of carbonyl (C=O) groups is 1. The zero-order chi connectivity index (χ0) is 18.3. The highest BCUT2D eigenvalue weighted by Crippen LogP contribution is 2.35. The maximum Gasteiger partial charge on any atom is 0.439 e. The highest BCUT2D eigenvalue weighted by Gasteiger charge is 2.52. The van der Waals surface area contributed by atoms with Crippen LogP contribution in [0.3, 0.4) is 0 Å². The number of alkyl halides is 2. The number of rotatable bonds is 5. The van der Waals surface area contributed by atoms with Crippen molar-refractivity contribution < 1.29 is 46.0 Å². The van der Waals surface area contributed by atoms with Crippen molar-refractivity contribution in [3.63, 3.8) is 0 Å². The fraction of sp³-hybridized carbons (Fsp3) is 0.923. The number of hydrogen-bond donors (Lipinski definition) is 1. The van der Waals surface area contributed by atoms with Crippen molar-refractivity contribution in [2.45, 2.75) is 62.8 Å². The van der Waals surface area contributed by atoms with E-state index in [-0.39, 0.29) is 6.61 Å². The van der Waals surface area contributed by atoms with Crippen LogP contribution < -0.4 is 0 Å². The van der Waals surface area contributed by atoms with Crippen LogP contribution in [0.5, 0.6) is 0 Å². The van der Waals surface area contributed by atoms with Gasteiger partial charge in [0, 0.05) is 0 Å². The van der Waals surface area contributed by atoms with Gasteiger partial charge in [0.25, 0.3) is 0 Å². The molecule has 2 heterocycles. The van der Waals surface area contributed by atoms with Gasteiger partial charge in [-0.1, -0.05) is 0 Å². The first-order chi connectivity index (χ1) is 10.8. The molecule has 0 aromatic heterocycles. The second kappa shape index (κ2) is 6.54. The molecule has 0 aromatic rings. The van der Waals surface area contributed by atoms with Crippen molar-refractivity contribution in [2.75, 3.05) is 13.2 Å². The van der Waals surface area contributed by atoms with Crippen LogP contribution in [-0.2, 0) is 39.6 Å². The SMILES string of the molecule is CC1(C)O[C@@H]([C@H]2COC(C)(C)O2)[C@H](COC(=O)C(F)(F)S(=O)O)O1. The van der Waals surface area contributed by atoms with Crippen LogP contribution in [0.15, 0.2) is 0 Å². The van der Waals surface area contributed by atoms with Gasteiger partial charge in [-0.25, -0.2) is 9.00 Å². The van der Waals surface area contributed by atoms with Crippen molar-refractivity contribution in [3.8, 4) is 0 Å². The molecular weight excluding hydrogens is 354 g/mol. The average Bonchev–Trinajstić information content (AvgIpc) is 2.94. The predicted octanol–water partition coefficient (Wildman–Crippen LogP) is 1.02. The summed E-state index contributed by atoms with van der Waals surface area (Å²) >= 11 is -3.67. The summed E-state index contributed by atoms with van der Waals surface area (Å²) in [5.74, 6) is -3.98. The van der Waals surface area contributed by atoms with Crippen LogP contribution in [0.4, 0.5) is 8.78 Å². The predicted molar refractivity (Wildman–Crippen MR) is 75.4 cm³/mol. The molecule has 8 nitrogen and oxygen atoms in total. The van der Waals surface area contributed by atoms with Crippen molar-refractivity contribution >= 4 is 17.0 Å². The second-order valence-corrected chi connectivity index (χ2v) is 7.38. The van der Waals surface area contributed by atoms with Crippen molar-refractivity contribution in [1.29, 1.82) is 0 Å². The van der Waals surface area contributed by atoms with Gasteiger partial charge in [-0.05, 0) is 27.7 Å². The number of hydrogen-bond acceptors (Lipinski definition) is 7. The van der Waals surface area contributed by atoms with E-state index in [1.807, 2.05) is 0 Å². The van der Waals surface area contributed by atoms with Crippen LogP contribution in [-0.4, -0.2) is 63.1 Å². The molecule has 2 rings (SSSR count). The Labute approximate surface area is 140 Å². The van der Waals surface area contributed by atoms with Gasteiger partial charge in [-0.15, -0.1) is 0 Å². The van der Waals surface area contributed by atoms with Crippen molar-refractivity contribution in [3.05, 3.63) is 0 Å². The van der Waals surface area contributed by atoms with E-state index >= 15 is 0 Å². The van der Waals surface area contributed by atoms with E-state index in [0.717, 1.165) is 0 Å². The molecular formula is C13H20F2O8S. The minimum Gasteiger partial charge on any atom is -0.458 e. The van der Waals surface area contributed by atoms with E-state index in [0.29, 0.717) is 0 Å². The summed E-state index contributed by atoms with van der Waals surface area (Å²) < 4.78 is 71.9. The first-order valence-corrected chi connectivity index (χ1v) is 8.28. The molecule has 140 valence electrons. The summed E-state index contributed by atoms with van der Waals surface area (Å²) in [6.07, 6.45) is -2.16. The van der Waals surface area contributed by atoms with E-state index in [9.17, 15) is 17.8 Å². The fourth-order valence-electron chi connectivity index (χ4n) is 2.50. The Morgan fingerprint density at radius 1 is 1.25 bits per heavy atom. The topological polar surface area (TPSA) is 101 Å². The number of esters is 1. The zero-order valence-corrected chi connectivity index (χ0v) is 14.4. The molecule has 2 aliphatic heterocycles. The zero-order valence-electron chi connectivity index (χ0n) is 13.6. The van der Waals surface area contributed by atoms with Gasteiger partial charge in [-0.3, -0.25) is 0 Å². The normalized spacial score (nSPS) is 33.4. The molecule has 2 aliphatic rings. The van der Waals surface area contributed by atoms with Gasteiger partial charge in [0.1, 0.15) is 24.9 Å². The third-order valence-corrected chi connectivity index (χ3v) is 4.06. The third-order valence-electron chi connectivity index (χ3n) is 3.45. The second-order valence-electron chi connectivity index (χ2n) is 6.37. The Morgan fingerprint density at radius 3 is 2.38 bits per heavy atom. The van der Waals surface area contributed by atoms with Gasteiger partial charge in [0.05, 0.1) is 6.61 Å². The van der Waals surface area contributed by atoms with Crippen LogP contribution >= 0.6 is 0 Å². The Morgan fingerprint density at radius 2 is 1.88 bits per heavy atom. The van der Waals surface area contributed by atoms with Gasteiger partial charge < -0.3 is 28.2 Å². The van der Waals surface area contributed by atoms with E-state index in [1.54, 1.807) is 27.7 Å². The third kappa shape index (κ3) is 4.27. The number of ether oxygens (including phenoxy) is 5. The molecule has 4 atom stereocenters. The fourth-order valence-corrected chi connectivity index (χ4v) is 2.70. The molecule has 0 spiro atoms. The Hall–Kier alpha value is -0.720. The van der Waals surface area contributed by atoms with Crippen LogP contribution in [0.25, 0.3) is 0 Å². The molecule has 2 fully saturated rings. The molecule has 0 saturated carbocycles. The first-order valence-electron chi connectivity index (χ1n) is 7.17. The number of halogens is 2. The molecule has 24 heavy (non-hydrogen) atoms. The summed E-state index contributed by atoms with van der Waals surface area (Å²) in [5.41, 5.74) is 0. The summed E-state index contributed by atoms with van der Waals surface area (Å²) in [4.78, 5) is 11.3. The van der Waals surface area contributed by atoms with E-state index in [4.69, 9.17) is 23.5 Å². The first kappa shape index (κ1) is 19.6. The lowest BCUT2D eigenvalue weighted by Gasteiger charge is -2.23. The van der Waals surface area contributed by atoms with Crippen LogP contribution in [0.2, 0.25) is 0 Å². The Bertz CT molecular complexity index is 524. The van der Waals surface area contributed by atoms with E-state index in [2.05, 4.69) is 4.74 Å². The number of carbonyl (C=O) groups excluding carboxylic acids is 1. The summed E-state index contributed by atoms with van der Waals surface area (Å²) in [6.45, 7) is 6.25. The van der Waals surface area contributed by atoms with Gasteiger partial charge in [-0.2, -0.15) is 8.78 Å². The molecule has 11 heteroatoms. The Kier molecular flexibility index (Phi) is 5.34. The van der Waals surface area contributed by atoms with E-state index in [1.165, 1.54) is 0 Å². The summed E-state index contributed by atoms with van der Waals surface area (Å²) in [6, 6.07) is 0. The lowest BCUT2D eigenvalue weighted by molar-refractivity contribution is -0.176. The molecule has 0 amide bonds. The molecule has 2 saturated heterocycles. The average molecular weight is 374 g/mol. The molecule has 0 radical (unpaired) electrons. The smallest absolute Gasteiger partial charge is 0.439 e. The lowest BCUT2D eigenvalue weighted by atomic mass is 10.1. The standard InChI is InChI=1S/C13H20F2O8S/c1-11(2)20-6-8(21-11)9-7(22-12(3,4)23-9)5-19-10(16)13(14,15)24(17)18/h7-9H,5-6H2,1-4H3,(H,17,18)/t7-,8+,9+/m0/s1. The van der Waals surface area contributed by atoms with Crippen LogP contribution in [0, 0.1) is 0 Å². The molecule has 1 N–H and O–H groups in total. The maximum atomic E-state index is 13.1. The maximum absolute atomic E-state index is 13.1. The minimum atomic E-state index is -4.51. The Balaban J connectivity index is 2.02. The van der Waals surface area contributed by atoms with Gasteiger partial charge >= 0.3 is 11.2 Å². The molecule has 0 bridgehead atoms.